The predicted octanol–water partition coefficient (Wildman–Crippen LogP) is 2.92. The molecule has 1 aliphatic heterocycles. The van der Waals surface area contributed by atoms with Gasteiger partial charge in [0.2, 0.25) is 5.13 Å². The van der Waals surface area contributed by atoms with Gasteiger partial charge in [0, 0.05) is 19.1 Å². The SMILES string of the molecule is Cc1nnc(NC2CCCN(Cc3ccccc3)C2)s1. The Morgan fingerprint density at radius 1 is 1.30 bits per heavy atom. The maximum Gasteiger partial charge on any atom is 0.205 e. The molecule has 0 bridgehead atoms. The number of piperidine rings is 1. The van der Waals surface area contributed by atoms with E-state index in [2.05, 4.69) is 50.7 Å². The van der Waals surface area contributed by atoms with E-state index in [1.807, 2.05) is 6.92 Å². The first-order chi connectivity index (χ1) is 9.79. The average Bonchev–Trinajstić information content (AvgIpc) is 2.86. The van der Waals surface area contributed by atoms with Crippen molar-refractivity contribution in [2.75, 3.05) is 18.4 Å². The molecule has 1 atom stereocenters. The molecule has 1 saturated heterocycles. The van der Waals surface area contributed by atoms with E-state index in [4.69, 9.17) is 0 Å². The van der Waals surface area contributed by atoms with Crippen LogP contribution in [0.1, 0.15) is 23.4 Å². The van der Waals surface area contributed by atoms with Gasteiger partial charge in [-0.05, 0) is 31.9 Å². The molecule has 1 aliphatic rings. The largest absolute Gasteiger partial charge is 0.356 e. The van der Waals surface area contributed by atoms with Crippen LogP contribution in [-0.4, -0.2) is 34.2 Å². The first-order valence-electron chi connectivity index (χ1n) is 7.12. The maximum absolute atomic E-state index is 4.16. The molecule has 5 heteroatoms. The molecule has 3 rings (SSSR count). The van der Waals surface area contributed by atoms with Crippen molar-refractivity contribution >= 4 is 16.5 Å². The summed E-state index contributed by atoms with van der Waals surface area (Å²) in [6, 6.07) is 11.2. The number of hydrogen-bond acceptors (Lipinski definition) is 5. The molecule has 1 unspecified atom stereocenters. The third-order valence-corrected chi connectivity index (χ3v) is 4.38. The molecule has 106 valence electrons. The number of aromatic nitrogens is 2. The lowest BCUT2D eigenvalue weighted by Gasteiger charge is -2.33. The number of nitrogens with zero attached hydrogens (tertiary/aromatic N) is 3. The fraction of sp³-hybridized carbons (Fsp3) is 0.467. The maximum atomic E-state index is 4.16. The standard InChI is InChI=1S/C15H20N4S/c1-12-17-18-15(20-12)16-14-8-5-9-19(11-14)10-13-6-3-2-4-7-13/h2-4,6-7,14H,5,8-11H2,1H3,(H,16,18). The zero-order valence-corrected chi connectivity index (χ0v) is 12.6. The summed E-state index contributed by atoms with van der Waals surface area (Å²) in [6.45, 7) is 5.29. The second-order valence-electron chi connectivity index (χ2n) is 5.33. The second-order valence-corrected chi connectivity index (χ2v) is 6.51. The Morgan fingerprint density at radius 3 is 2.90 bits per heavy atom. The highest BCUT2D eigenvalue weighted by Crippen LogP contribution is 2.20. The number of anilines is 1. The Balaban J connectivity index is 1.56. The molecule has 1 N–H and O–H groups in total. The van der Waals surface area contributed by atoms with Crippen molar-refractivity contribution in [2.24, 2.45) is 0 Å². The zero-order valence-electron chi connectivity index (χ0n) is 11.7. The quantitative estimate of drug-likeness (QED) is 0.939. The number of nitrogens with one attached hydrogen (secondary N) is 1. The number of rotatable bonds is 4. The van der Waals surface area contributed by atoms with E-state index < -0.39 is 0 Å². The minimum absolute atomic E-state index is 0.486. The van der Waals surface area contributed by atoms with Crippen LogP contribution in [-0.2, 0) is 6.54 Å². The molecule has 20 heavy (non-hydrogen) atoms. The average molecular weight is 288 g/mol. The molecule has 0 radical (unpaired) electrons. The van der Waals surface area contributed by atoms with Crippen LogP contribution in [0.25, 0.3) is 0 Å². The van der Waals surface area contributed by atoms with Gasteiger partial charge in [0.15, 0.2) is 0 Å². The topological polar surface area (TPSA) is 41.1 Å². The van der Waals surface area contributed by atoms with Gasteiger partial charge in [-0.3, -0.25) is 4.90 Å². The van der Waals surface area contributed by atoms with Crippen molar-refractivity contribution in [3.05, 3.63) is 40.9 Å². The van der Waals surface area contributed by atoms with Gasteiger partial charge in [0.05, 0.1) is 0 Å². The van der Waals surface area contributed by atoms with Crippen LogP contribution in [0.5, 0.6) is 0 Å². The summed E-state index contributed by atoms with van der Waals surface area (Å²) in [5.74, 6) is 0. The number of likely N-dealkylation sites (tertiary alicyclic amines) is 1. The Hall–Kier alpha value is -1.46. The van der Waals surface area contributed by atoms with Crippen molar-refractivity contribution in [2.45, 2.75) is 32.4 Å². The summed E-state index contributed by atoms with van der Waals surface area (Å²) in [5.41, 5.74) is 1.39. The van der Waals surface area contributed by atoms with E-state index in [0.29, 0.717) is 6.04 Å². The second kappa shape index (κ2) is 6.33. The van der Waals surface area contributed by atoms with Gasteiger partial charge < -0.3 is 5.32 Å². The van der Waals surface area contributed by atoms with Crippen molar-refractivity contribution < 1.29 is 0 Å². The van der Waals surface area contributed by atoms with E-state index >= 15 is 0 Å². The third-order valence-electron chi connectivity index (χ3n) is 3.61. The summed E-state index contributed by atoms with van der Waals surface area (Å²) in [6.07, 6.45) is 2.45. The van der Waals surface area contributed by atoms with Gasteiger partial charge >= 0.3 is 0 Å². The zero-order chi connectivity index (χ0) is 13.8. The lowest BCUT2D eigenvalue weighted by Crippen LogP contribution is -2.41. The van der Waals surface area contributed by atoms with Gasteiger partial charge in [-0.2, -0.15) is 0 Å². The monoisotopic (exact) mass is 288 g/mol. The lowest BCUT2D eigenvalue weighted by atomic mass is 10.1. The van der Waals surface area contributed by atoms with Crippen LogP contribution in [0.3, 0.4) is 0 Å². The van der Waals surface area contributed by atoms with Crippen molar-refractivity contribution in [1.29, 1.82) is 0 Å². The lowest BCUT2D eigenvalue weighted by molar-refractivity contribution is 0.208. The normalized spacial score (nSPS) is 19.9. The Kier molecular flexibility index (Phi) is 4.28. The number of hydrogen-bond donors (Lipinski definition) is 1. The van der Waals surface area contributed by atoms with Crippen molar-refractivity contribution in [3.63, 3.8) is 0 Å². The molecule has 0 aliphatic carbocycles. The van der Waals surface area contributed by atoms with E-state index in [9.17, 15) is 0 Å². The van der Waals surface area contributed by atoms with E-state index in [1.165, 1.54) is 24.9 Å². The predicted molar refractivity (Wildman–Crippen MR) is 83.0 cm³/mol. The molecular formula is C15H20N4S. The molecule has 2 aromatic rings. The van der Waals surface area contributed by atoms with E-state index in [0.717, 1.165) is 23.2 Å². The summed E-state index contributed by atoms with van der Waals surface area (Å²) < 4.78 is 0. The highest BCUT2D eigenvalue weighted by Gasteiger charge is 2.20. The Labute approximate surface area is 123 Å². The van der Waals surface area contributed by atoms with Gasteiger partial charge in [-0.1, -0.05) is 41.7 Å². The Morgan fingerprint density at radius 2 is 2.15 bits per heavy atom. The van der Waals surface area contributed by atoms with Crippen LogP contribution in [0, 0.1) is 6.92 Å². The highest BCUT2D eigenvalue weighted by atomic mass is 32.1. The minimum atomic E-state index is 0.486. The number of benzene rings is 1. The minimum Gasteiger partial charge on any atom is -0.356 e. The summed E-state index contributed by atoms with van der Waals surface area (Å²) in [7, 11) is 0. The summed E-state index contributed by atoms with van der Waals surface area (Å²) in [4.78, 5) is 2.52. The fourth-order valence-electron chi connectivity index (χ4n) is 2.69. The van der Waals surface area contributed by atoms with Crippen LogP contribution >= 0.6 is 11.3 Å². The van der Waals surface area contributed by atoms with Gasteiger partial charge in [0.1, 0.15) is 5.01 Å². The smallest absolute Gasteiger partial charge is 0.205 e. The third kappa shape index (κ3) is 3.55. The van der Waals surface area contributed by atoms with Crippen LogP contribution in [0.4, 0.5) is 5.13 Å². The molecule has 1 aromatic carbocycles. The fourth-order valence-corrected chi connectivity index (χ4v) is 3.36. The van der Waals surface area contributed by atoms with Gasteiger partial charge in [0.25, 0.3) is 0 Å². The van der Waals surface area contributed by atoms with E-state index in [-0.39, 0.29) is 0 Å². The molecule has 0 spiro atoms. The molecule has 0 saturated carbocycles. The molecule has 1 aromatic heterocycles. The highest BCUT2D eigenvalue weighted by molar-refractivity contribution is 7.15. The molecule has 0 amide bonds. The van der Waals surface area contributed by atoms with Crippen molar-refractivity contribution in [1.82, 2.24) is 15.1 Å². The molecule has 2 heterocycles. The molecular weight excluding hydrogens is 268 g/mol. The van der Waals surface area contributed by atoms with E-state index in [1.54, 1.807) is 11.3 Å². The molecule has 1 fully saturated rings. The summed E-state index contributed by atoms with van der Waals surface area (Å²) >= 11 is 1.63. The first-order valence-corrected chi connectivity index (χ1v) is 7.94. The van der Waals surface area contributed by atoms with Gasteiger partial charge in [-0.15, -0.1) is 10.2 Å². The van der Waals surface area contributed by atoms with Crippen LogP contribution in [0.2, 0.25) is 0 Å². The van der Waals surface area contributed by atoms with Crippen LogP contribution in [0.15, 0.2) is 30.3 Å². The first kappa shape index (κ1) is 13.5. The molecule has 4 nitrogen and oxygen atoms in total. The Bertz CT molecular complexity index is 540. The van der Waals surface area contributed by atoms with Crippen molar-refractivity contribution in [3.8, 4) is 0 Å². The van der Waals surface area contributed by atoms with Gasteiger partial charge in [-0.25, -0.2) is 0 Å². The number of aryl methyl sites for hydroxylation is 1. The van der Waals surface area contributed by atoms with Crippen LogP contribution < -0.4 is 5.32 Å². The summed E-state index contributed by atoms with van der Waals surface area (Å²) in [5, 5.41) is 13.7.